The normalized spacial score (nSPS) is 11.4. The Kier molecular flexibility index (Phi) is 7.02. The molecule has 0 fully saturated rings. The number of oxime groups is 1. The molecule has 3 aromatic rings. The summed E-state index contributed by atoms with van der Waals surface area (Å²) in [6.07, 6.45) is 0. The van der Waals surface area contributed by atoms with Gasteiger partial charge in [0.05, 0.1) is 23.2 Å². The van der Waals surface area contributed by atoms with Crippen molar-refractivity contribution in [3.8, 4) is 5.75 Å². The number of hydrogen-bond acceptors (Lipinski definition) is 7. The van der Waals surface area contributed by atoms with Crippen LogP contribution in [0.4, 0.5) is 0 Å². The van der Waals surface area contributed by atoms with Gasteiger partial charge in [0, 0.05) is 7.05 Å². The lowest BCUT2D eigenvalue weighted by atomic mass is 10.1. The summed E-state index contributed by atoms with van der Waals surface area (Å²) in [7, 11) is 1.66. The Bertz CT molecular complexity index is 1180. The van der Waals surface area contributed by atoms with E-state index in [0.29, 0.717) is 34.8 Å². The van der Waals surface area contributed by atoms with E-state index >= 15 is 0 Å². The van der Waals surface area contributed by atoms with Crippen molar-refractivity contribution < 1.29 is 19.1 Å². The Labute approximate surface area is 180 Å². The number of benzene rings is 2. The Hall–Kier alpha value is -3.68. The highest BCUT2D eigenvalue weighted by molar-refractivity contribution is 5.98. The highest BCUT2D eigenvalue weighted by Gasteiger charge is 2.10. The lowest BCUT2D eigenvalue weighted by Gasteiger charge is -2.11. The molecule has 0 saturated heterocycles. The van der Waals surface area contributed by atoms with Crippen LogP contribution in [0.25, 0.3) is 10.9 Å². The minimum atomic E-state index is -0.409. The summed E-state index contributed by atoms with van der Waals surface area (Å²) in [5.41, 5.74) is 2.86. The first kappa shape index (κ1) is 22.0. The number of rotatable bonds is 8. The first-order valence-corrected chi connectivity index (χ1v) is 9.91. The van der Waals surface area contributed by atoms with E-state index in [1.807, 2.05) is 38.1 Å². The van der Waals surface area contributed by atoms with Crippen LogP contribution in [0.1, 0.15) is 30.8 Å². The summed E-state index contributed by atoms with van der Waals surface area (Å²) in [6.45, 7) is 5.69. The molecule has 162 valence electrons. The van der Waals surface area contributed by atoms with Gasteiger partial charge in [-0.2, -0.15) is 0 Å². The van der Waals surface area contributed by atoms with E-state index in [1.165, 1.54) is 4.57 Å². The van der Waals surface area contributed by atoms with Crippen LogP contribution in [0.3, 0.4) is 0 Å². The molecule has 0 aliphatic heterocycles. The Morgan fingerprint density at radius 1 is 1.19 bits per heavy atom. The van der Waals surface area contributed by atoms with Crippen molar-refractivity contribution in [1.29, 1.82) is 0 Å². The van der Waals surface area contributed by atoms with Gasteiger partial charge in [-0.1, -0.05) is 17.3 Å². The quantitative estimate of drug-likeness (QED) is 0.314. The van der Waals surface area contributed by atoms with E-state index in [4.69, 9.17) is 14.3 Å². The molecule has 2 aromatic carbocycles. The Morgan fingerprint density at radius 3 is 2.71 bits per heavy atom. The van der Waals surface area contributed by atoms with Gasteiger partial charge < -0.3 is 14.3 Å². The van der Waals surface area contributed by atoms with Crippen molar-refractivity contribution in [1.82, 2.24) is 9.55 Å². The number of esters is 1. The summed E-state index contributed by atoms with van der Waals surface area (Å²) in [6, 6.07) is 12.7. The first-order chi connectivity index (χ1) is 14.9. The standard InChI is InChI=1S/C23H25N3O5/c1-5-29-22(27)14-30-20-11-10-17(12-15(20)2)16(3)25-31-13-21-24-19-9-7-6-8-18(19)23(28)26(21)4/h6-12H,5,13-14H2,1-4H3/b25-16+. The second-order valence-electron chi connectivity index (χ2n) is 6.93. The van der Waals surface area contributed by atoms with Gasteiger partial charge in [0.25, 0.3) is 5.56 Å². The summed E-state index contributed by atoms with van der Waals surface area (Å²) < 4.78 is 11.8. The predicted molar refractivity (Wildman–Crippen MR) is 117 cm³/mol. The zero-order valence-corrected chi connectivity index (χ0v) is 18.0. The van der Waals surface area contributed by atoms with E-state index in [9.17, 15) is 9.59 Å². The van der Waals surface area contributed by atoms with Gasteiger partial charge in [0.2, 0.25) is 0 Å². The Morgan fingerprint density at radius 2 is 1.97 bits per heavy atom. The maximum Gasteiger partial charge on any atom is 0.344 e. The minimum Gasteiger partial charge on any atom is -0.482 e. The van der Waals surface area contributed by atoms with Crippen molar-refractivity contribution >= 4 is 22.6 Å². The van der Waals surface area contributed by atoms with Gasteiger partial charge in [0.15, 0.2) is 19.0 Å². The maximum absolute atomic E-state index is 12.5. The van der Waals surface area contributed by atoms with Crippen LogP contribution in [0.2, 0.25) is 0 Å². The molecule has 8 nitrogen and oxygen atoms in total. The molecule has 0 atom stereocenters. The number of aryl methyl sites for hydroxylation is 1. The third-order valence-electron chi connectivity index (χ3n) is 4.71. The van der Waals surface area contributed by atoms with Crippen molar-refractivity contribution in [3.05, 3.63) is 69.8 Å². The van der Waals surface area contributed by atoms with Crippen LogP contribution in [0.5, 0.6) is 5.75 Å². The number of ether oxygens (including phenoxy) is 2. The van der Waals surface area contributed by atoms with Crippen LogP contribution in [-0.2, 0) is 28.0 Å². The average molecular weight is 423 g/mol. The second-order valence-corrected chi connectivity index (χ2v) is 6.93. The molecule has 3 rings (SSSR count). The Balaban J connectivity index is 1.68. The zero-order chi connectivity index (χ0) is 22.4. The maximum atomic E-state index is 12.5. The molecular formula is C23H25N3O5. The molecule has 0 bridgehead atoms. The molecule has 31 heavy (non-hydrogen) atoms. The van der Waals surface area contributed by atoms with E-state index in [2.05, 4.69) is 10.1 Å². The number of aromatic nitrogens is 2. The van der Waals surface area contributed by atoms with Crippen molar-refractivity contribution in [2.45, 2.75) is 27.4 Å². The molecule has 0 aliphatic carbocycles. The van der Waals surface area contributed by atoms with Crippen molar-refractivity contribution in [2.24, 2.45) is 12.2 Å². The lowest BCUT2D eigenvalue weighted by molar-refractivity contribution is -0.145. The fourth-order valence-electron chi connectivity index (χ4n) is 3.01. The van der Waals surface area contributed by atoms with Crippen LogP contribution >= 0.6 is 0 Å². The van der Waals surface area contributed by atoms with Gasteiger partial charge in [-0.15, -0.1) is 0 Å². The van der Waals surface area contributed by atoms with E-state index in [1.54, 1.807) is 32.2 Å². The van der Waals surface area contributed by atoms with Crippen molar-refractivity contribution in [3.63, 3.8) is 0 Å². The molecule has 0 N–H and O–H groups in total. The smallest absolute Gasteiger partial charge is 0.344 e. The molecule has 0 saturated carbocycles. The monoisotopic (exact) mass is 423 g/mol. The SMILES string of the molecule is CCOC(=O)COc1ccc(/C(C)=N/OCc2nc3ccccc3c(=O)n2C)cc1C. The molecule has 0 unspecified atom stereocenters. The largest absolute Gasteiger partial charge is 0.482 e. The summed E-state index contributed by atoms with van der Waals surface area (Å²) in [4.78, 5) is 33.9. The number of hydrogen-bond donors (Lipinski definition) is 0. The fourth-order valence-corrected chi connectivity index (χ4v) is 3.01. The van der Waals surface area contributed by atoms with E-state index in [0.717, 1.165) is 11.1 Å². The topological polar surface area (TPSA) is 92.0 Å². The third kappa shape index (κ3) is 5.28. The number of carbonyl (C=O) groups excluding carboxylic acids is 1. The highest BCUT2D eigenvalue weighted by atomic mass is 16.6. The molecular weight excluding hydrogens is 398 g/mol. The molecule has 8 heteroatoms. The van der Waals surface area contributed by atoms with Crippen LogP contribution < -0.4 is 10.3 Å². The minimum absolute atomic E-state index is 0.0631. The van der Waals surface area contributed by atoms with Gasteiger partial charge in [0.1, 0.15) is 5.75 Å². The number of fused-ring (bicyclic) bond motifs is 1. The third-order valence-corrected chi connectivity index (χ3v) is 4.71. The highest BCUT2D eigenvalue weighted by Crippen LogP contribution is 2.20. The van der Waals surface area contributed by atoms with Crippen LogP contribution in [-0.4, -0.2) is 34.4 Å². The molecule has 0 aliphatic rings. The zero-order valence-electron chi connectivity index (χ0n) is 18.0. The molecule has 0 radical (unpaired) electrons. The molecule has 0 amide bonds. The number of para-hydroxylation sites is 1. The van der Waals surface area contributed by atoms with Gasteiger partial charge in [-0.3, -0.25) is 9.36 Å². The first-order valence-electron chi connectivity index (χ1n) is 9.91. The van der Waals surface area contributed by atoms with Gasteiger partial charge in [-0.05, 0) is 62.2 Å². The molecule has 1 aromatic heterocycles. The van der Waals surface area contributed by atoms with Crippen LogP contribution in [0, 0.1) is 6.92 Å². The fraction of sp³-hybridized carbons (Fsp3) is 0.304. The lowest BCUT2D eigenvalue weighted by Crippen LogP contribution is -2.22. The molecule has 0 spiro atoms. The van der Waals surface area contributed by atoms with E-state index in [-0.39, 0.29) is 18.8 Å². The van der Waals surface area contributed by atoms with Gasteiger partial charge in [-0.25, -0.2) is 9.78 Å². The number of carbonyl (C=O) groups is 1. The molecule has 1 heterocycles. The summed E-state index contributed by atoms with van der Waals surface area (Å²) >= 11 is 0. The van der Waals surface area contributed by atoms with Crippen LogP contribution in [0.15, 0.2) is 52.4 Å². The van der Waals surface area contributed by atoms with E-state index < -0.39 is 5.97 Å². The summed E-state index contributed by atoms with van der Waals surface area (Å²) in [5, 5.41) is 4.72. The van der Waals surface area contributed by atoms with Gasteiger partial charge >= 0.3 is 5.97 Å². The van der Waals surface area contributed by atoms with Crippen molar-refractivity contribution in [2.75, 3.05) is 13.2 Å². The number of nitrogens with zero attached hydrogens (tertiary/aromatic N) is 3. The average Bonchev–Trinajstić information content (AvgIpc) is 2.76. The predicted octanol–water partition coefficient (Wildman–Crippen LogP) is 3.12. The second kappa shape index (κ2) is 9.88. The summed E-state index contributed by atoms with van der Waals surface area (Å²) in [5.74, 6) is 0.675.